The van der Waals surface area contributed by atoms with Crippen molar-refractivity contribution >= 4 is 29.1 Å². The molecule has 2 aromatic heterocycles. The Hall–Kier alpha value is -2.86. The summed E-state index contributed by atoms with van der Waals surface area (Å²) in [6.45, 7) is 4.47. The number of carbonyl (C=O) groups excluding carboxylic acids is 1. The maximum Gasteiger partial charge on any atom is 0.416 e. The predicted molar refractivity (Wildman–Crippen MR) is 174 cm³/mol. The van der Waals surface area contributed by atoms with Crippen LogP contribution in [0.15, 0.2) is 70.0 Å². The molecule has 48 heavy (non-hydrogen) atoms. The fourth-order valence-electron chi connectivity index (χ4n) is 10.7. The number of carbonyl (C=O) groups is 1. The number of rotatable bonds is 6. The van der Waals surface area contributed by atoms with Crippen molar-refractivity contribution in [2.24, 2.45) is 33.5 Å². The van der Waals surface area contributed by atoms with E-state index >= 15 is 0 Å². The molecule has 254 valence electrons. The molecule has 6 aliphatic rings. The molecule has 2 heterocycles. The highest BCUT2D eigenvalue weighted by Gasteiger charge is 2.74. The summed E-state index contributed by atoms with van der Waals surface area (Å²) in [5, 5.41) is 30.9. The molecule has 3 N–H and O–H groups in total. The number of benzene rings is 1. The molecular formula is C36H37ClF3N3O4S. The number of ketones is 1. The summed E-state index contributed by atoms with van der Waals surface area (Å²) in [6, 6.07) is 6.04. The number of furan rings is 1. The number of allylic oxidation sites excluding steroid dienone is 4. The van der Waals surface area contributed by atoms with E-state index in [2.05, 4.69) is 47.3 Å². The van der Waals surface area contributed by atoms with Crippen LogP contribution >= 0.6 is 23.4 Å². The van der Waals surface area contributed by atoms with E-state index in [1.165, 1.54) is 36.3 Å². The van der Waals surface area contributed by atoms with Crippen LogP contribution in [0.25, 0.3) is 11.3 Å². The minimum absolute atomic E-state index is 0.0228. The number of alkyl halides is 3. The summed E-state index contributed by atoms with van der Waals surface area (Å²) < 4.78 is 46.7. The number of nitrogens with zero attached hydrogens (tertiary/aromatic N) is 2. The molecule has 2 bridgehead atoms. The second kappa shape index (κ2) is 10.6. The highest BCUT2D eigenvalue weighted by Crippen LogP contribution is 2.78. The predicted octanol–water partition coefficient (Wildman–Crippen LogP) is 8.30. The van der Waals surface area contributed by atoms with Crippen LogP contribution in [0.3, 0.4) is 0 Å². The molecule has 6 aliphatic carbocycles. The van der Waals surface area contributed by atoms with Gasteiger partial charge < -0.3 is 14.6 Å². The Labute approximate surface area is 285 Å². The van der Waals surface area contributed by atoms with E-state index in [1.54, 1.807) is 0 Å². The van der Waals surface area contributed by atoms with Crippen molar-refractivity contribution < 1.29 is 32.6 Å². The first-order chi connectivity index (χ1) is 22.7. The number of nitrogens with one attached hydrogen (secondary N) is 1. The van der Waals surface area contributed by atoms with Gasteiger partial charge in [0.05, 0.1) is 22.3 Å². The number of aliphatic hydroxyl groups is 2. The van der Waals surface area contributed by atoms with E-state index < -0.39 is 39.7 Å². The van der Waals surface area contributed by atoms with Gasteiger partial charge in [-0.05, 0) is 92.5 Å². The van der Waals surface area contributed by atoms with Gasteiger partial charge in [-0.1, -0.05) is 55.4 Å². The van der Waals surface area contributed by atoms with Crippen molar-refractivity contribution in [3.63, 3.8) is 0 Å². The average molecular weight is 700 g/mol. The van der Waals surface area contributed by atoms with Crippen LogP contribution in [0.1, 0.15) is 74.9 Å². The van der Waals surface area contributed by atoms with Crippen LogP contribution in [0, 0.1) is 33.5 Å². The summed E-state index contributed by atoms with van der Waals surface area (Å²) in [5.41, 5.74) is -3.21. The molecule has 1 unspecified atom stereocenters. The number of aliphatic hydroxyl groups excluding tert-OH is 1. The van der Waals surface area contributed by atoms with Crippen LogP contribution < -0.4 is 0 Å². The molecule has 12 heteroatoms. The first-order valence-corrected chi connectivity index (χ1v) is 17.9. The number of halogens is 4. The highest BCUT2D eigenvalue weighted by atomic mass is 35.5. The van der Waals surface area contributed by atoms with Crippen molar-refractivity contribution in [2.45, 2.75) is 81.8 Å². The van der Waals surface area contributed by atoms with Crippen molar-refractivity contribution in [1.82, 2.24) is 15.2 Å². The Morgan fingerprint density at radius 2 is 1.83 bits per heavy atom. The van der Waals surface area contributed by atoms with E-state index in [0.717, 1.165) is 31.4 Å². The van der Waals surface area contributed by atoms with Crippen LogP contribution in [-0.2, 0) is 6.18 Å². The lowest BCUT2D eigenvalue weighted by Gasteiger charge is -2.71. The Kier molecular flexibility index (Phi) is 7.13. The molecule has 0 amide bonds. The van der Waals surface area contributed by atoms with Gasteiger partial charge in [0.1, 0.15) is 12.1 Å². The van der Waals surface area contributed by atoms with Gasteiger partial charge in [-0.25, -0.2) is 4.98 Å². The van der Waals surface area contributed by atoms with Gasteiger partial charge in [0.25, 0.3) is 0 Å². The number of H-pyrrole nitrogens is 1. The number of thioether (sulfide) groups is 1. The molecule has 3 aromatic rings. The van der Waals surface area contributed by atoms with Crippen LogP contribution in [-0.4, -0.2) is 48.6 Å². The van der Waals surface area contributed by atoms with Gasteiger partial charge in [-0.2, -0.15) is 18.3 Å². The lowest BCUT2D eigenvalue weighted by atomic mass is 9.32. The summed E-state index contributed by atoms with van der Waals surface area (Å²) >= 11 is 7.78. The van der Waals surface area contributed by atoms with Crippen molar-refractivity contribution in [3.8, 4) is 11.3 Å². The molecule has 0 saturated heterocycles. The molecule has 8 atom stereocenters. The molecule has 9 rings (SSSR count). The third-order valence-corrected chi connectivity index (χ3v) is 14.6. The summed E-state index contributed by atoms with van der Waals surface area (Å²) in [4.78, 5) is 19.1. The van der Waals surface area contributed by atoms with E-state index in [0.29, 0.717) is 42.2 Å². The number of hydrogen-bond acceptors (Lipinski definition) is 7. The number of Topliss-reactive ketones (excluding diaryl/α,β-unsaturated/α-hetero) is 1. The first-order valence-electron chi connectivity index (χ1n) is 16.5. The van der Waals surface area contributed by atoms with Crippen LogP contribution in [0.2, 0.25) is 5.02 Å². The van der Waals surface area contributed by atoms with E-state index in [-0.39, 0.29) is 45.1 Å². The van der Waals surface area contributed by atoms with Gasteiger partial charge in [0.2, 0.25) is 5.78 Å². The molecule has 7 nitrogen and oxygen atoms in total. The molecule has 3 saturated carbocycles. The first kappa shape index (κ1) is 32.4. The fourth-order valence-corrected chi connectivity index (χ4v) is 12.0. The van der Waals surface area contributed by atoms with E-state index in [4.69, 9.17) is 16.0 Å². The second-order valence-corrected chi connectivity index (χ2v) is 16.4. The quantitative estimate of drug-likeness (QED) is 0.135. The number of hydrogen-bond donors (Lipinski definition) is 3. The van der Waals surface area contributed by atoms with Crippen molar-refractivity contribution in [3.05, 3.63) is 76.8 Å². The monoisotopic (exact) mass is 699 g/mol. The van der Waals surface area contributed by atoms with Crippen LogP contribution in [0.4, 0.5) is 13.2 Å². The number of aromatic nitrogens is 3. The minimum atomic E-state index is -4.57. The van der Waals surface area contributed by atoms with E-state index in [9.17, 15) is 28.2 Å². The average Bonchev–Trinajstić information content (AvgIpc) is 3.80. The topological polar surface area (TPSA) is 112 Å². The maximum absolute atomic E-state index is 14.8. The summed E-state index contributed by atoms with van der Waals surface area (Å²) in [7, 11) is 0. The standard InChI is InChI=1S/C36H37ClF3N3O4S/c1-31-10-7-21(44)16-33(31)13-14-35(27(31)8-11-32(2)28(35)9-12-34(32,46)18-48-30-41-19-42-43-30)23(17-33)29(45)26-6-5-25(47-26)22-15-20(36(38,39)40)3-4-24(22)37/h3-6,13-15,17,19,21,27-28,44,46H,7-12,16,18H2,1-2H3,(H,41,42,43)/t21?,27-,28-,31-,32+,33+,34-,35-/m1/s1. The molecular weight excluding hydrogens is 663 g/mol. The Morgan fingerprint density at radius 1 is 1.08 bits per heavy atom. The minimum Gasteiger partial charge on any atom is -0.453 e. The lowest BCUT2D eigenvalue weighted by Crippen LogP contribution is -2.67. The fraction of sp³-hybridized carbons (Fsp3) is 0.528. The zero-order chi connectivity index (χ0) is 33.9. The maximum atomic E-state index is 14.8. The molecule has 3 fully saturated rings. The van der Waals surface area contributed by atoms with Gasteiger partial charge in [-0.3, -0.25) is 9.89 Å². The largest absolute Gasteiger partial charge is 0.453 e. The lowest BCUT2D eigenvalue weighted by molar-refractivity contribution is -0.166. The third-order valence-electron chi connectivity index (χ3n) is 13.2. The summed E-state index contributed by atoms with van der Waals surface area (Å²) in [5.74, 6) is 0.223. The normalized spacial score (nSPS) is 38.3. The molecule has 1 aromatic carbocycles. The second-order valence-electron chi connectivity index (χ2n) is 15.1. The Bertz CT molecular complexity index is 1860. The SMILES string of the molecule is C[C@]12CC[C@H]3[C@]4(C=C[C@@]5(C=C4C(=O)c4ccc(-c6cc(C(F)(F)F)ccc6Cl)o4)CC(O)CC[C@]35C)[C@@H]1CC[C@@]2(O)CSc1ncn[nH]1. The van der Waals surface area contributed by atoms with Gasteiger partial charge in [-0.15, -0.1) is 0 Å². The molecule has 0 radical (unpaired) electrons. The number of aromatic amines is 1. The zero-order valence-electron chi connectivity index (χ0n) is 26.6. The highest BCUT2D eigenvalue weighted by molar-refractivity contribution is 7.99. The third kappa shape index (κ3) is 4.32. The van der Waals surface area contributed by atoms with Crippen molar-refractivity contribution in [1.29, 1.82) is 0 Å². The zero-order valence-corrected chi connectivity index (χ0v) is 28.2. The van der Waals surface area contributed by atoms with Crippen LogP contribution in [0.5, 0.6) is 0 Å². The van der Waals surface area contributed by atoms with Gasteiger partial charge in [0, 0.05) is 33.1 Å². The number of fused-ring (bicyclic) bond motifs is 1. The Balaban J connectivity index is 1.22. The smallest absolute Gasteiger partial charge is 0.416 e. The summed E-state index contributed by atoms with van der Waals surface area (Å²) in [6.07, 6.45) is 7.79. The molecule has 2 spiro atoms. The van der Waals surface area contributed by atoms with E-state index in [1.807, 2.05) is 0 Å². The van der Waals surface area contributed by atoms with Gasteiger partial charge in [0.15, 0.2) is 10.9 Å². The van der Waals surface area contributed by atoms with Gasteiger partial charge >= 0.3 is 6.18 Å². The molecule has 0 aliphatic heterocycles. The van der Waals surface area contributed by atoms with Crippen molar-refractivity contribution in [2.75, 3.05) is 5.75 Å². The Morgan fingerprint density at radius 3 is 2.58 bits per heavy atom.